The van der Waals surface area contributed by atoms with E-state index in [2.05, 4.69) is 16.2 Å². The number of para-hydroxylation sites is 1. The lowest BCUT2D eigenvalue weighted by atomic mass is 9.99. The molecule has 1 fully saturated rings. The number of halogens is 1. The van der Waals surface area contributed by atoms with E-state index in [4.69, 9.17) is 15.0 Å². The summed E-state index contributed by atoms with van der Waals surface area (Å²) in [5.74, 6) is 2.20. The molecule has 0 spiro atoms. The number of benzene rings is 1. The highest BCUT2D eigenvalue weighted by atomic mass is 35.5. The zero-order chi connectivity index (χ0) is 14.7. The van der Waals surface area contributed by atoms with Crippen molar-refractivity contribution in [2.75, 3.05) is 7.11 Å². The summed E-state index contributed by atoms with van der Waals surface area (Å²) >= 11 is 0. The molecule has 0 bridgehead atoms. The number of aromatic nitrogens is 2. The second-order valence-corrected chi connectivity index (χ2v) is 5.69. The van der Waals surface area contributed by atoms with Gasteiger partial charge in [-0.1, -0.05) is 36.2 Å². The molecule has 0 radical (unpaired) electrons. The fourth-order valence-corrected chi connectivity index (χ4v) is 2.94. The van der Waals surface area contributed by atoms with Gasteiger partial charge in [0.05, 0.1) is 12.6 Å². The van der Waals surface area contributed by atoms with Crippen molar-refractivity contribution in [2.24, 2.45) is 5.73 Å². The minimum Gasteiger partial charge on any atom is -0.496 e. The van der Waals surface area contributed by atoms with Gasteiger partial charge in [-0.3, -0.25) is 0 Å². The third kappa shape index (κ3) is 3.42. The molecule has 22 heavy (non-hydrogen) atoms. The van der Waals surface area contributed by atoms with Crippen molar-refractivity contribution in [3.8, 4) is 5.75 Å². The molecular formula is C16H22ClN3O2. The summed E-state index contributed by atoms with van der Waals surface area (Å²) in [5, 5.41) is 4.08. The summed E-state index contributed by atoms with van der Waals surface area (Å²) in [7, 11) is 1.68. The molecule has 1 saturated carbocycles. The van der Waals surface area contributed by atoms with Crippen LogP contribution in [0, 0.1) is 0 Å². The first-order valence-corrected chi connectivity index (χ1v) is 7.45. The molecule has 1 aliphatic carbocycles. The standard InChI is InChI=1S/C16H21N3O2.ClH/c1-20-13-7-3-2-6-12(13)8-9-14-18-15(19-21-14)16(17)10-4-5-11-16;/h2-3,6-7H,4-5,8-11,17H2,1H3;1H. The summed E-state index contributed by atoms with van der Waals surface area (Å²) < 4.78 is 10.7. The monoisotopic (exact) mass is 323 g/mol. The van der Waals surface area contributed by atoms with Gasteiger partial charge in [-0.2, -0.15) is 4.98 Å². The third-order valence-corrected chi connectivity index (χ3v) is 4.21. The van der Waals surface area contributed by atoms with Crippen molar-refractivity contribution < 1.29 is 9.26 Å². The van der Waals surface area contributed by atoms with Gasteiger partial charge in [-0.05, 0) is 30.9 Å². The maximum atomic E-state index is 6.34. The Bertz CT molecular complexity index is 609. The van der Waals surface area contributed by atoms with Gasteiger partial charge < -0.3 is 15.0 Å². The number of ether oxygens (including phenoxy) is 1. The molecule has 1 aromatic heterocycles. The van der Waals surface area contributed by atoms with Crippen LogP contribution in [0.1, 0.15) is 43.0 Å². The highest BCUT2D eigenvalue weighted by Gasteiger charge is 2.35. The first-order valence-electron chi connectivity index (χ1n) is 7.45. The third-order valence-electron chi connectivity index (χ3n) is 4.21. The van der Waals surface area contributed by atoms with Gasteiger partial charge in [0.15, 0.2) is 5.82 Å². The fourth-order valence-electron chi connectivity index (χ4n) is 2.94. The Balaban J connectivity index is 0.00000176. The van der Waals surface area contributed by atoms with Crippen LogP contribution in [-0.4, -0.2) is 17.3 Å². The second-order valence-electron chi connectivity index (χ2n) is 5.69. The fraction of sp³-hybridized carbons (Fsp3) is 0.500. The number of aryl methyl sites for hydroxylation is 2. The quantitative estimate of drug-likeness (QED) is 0.915. The summed E-state index contributed by atoms with van der Waals surface area (Å²) in [6.07, 6.45) is 5.67. The van der Waals surface area contributed by atoms with Gasteiger partial charge in [0.2, 0.25) is 5.89 Å². The first kappa shape index (κ1) is 16.8. The summed E-state index contributed by atoms with van der Waals surface area (Å²) in [6, 6.07) is 7.98. The van der Waals surface area contributed by atoms with Gasteiger partial charge in [0.1, 0.15) is 5.75 Å². The van der Waals surface area contributed by atoms with Crippen molar-refractivity contribution in [1.82, 2.24) is 10.1 Å². The number of rotatable bonds is 5. The molecule has 0 unspecified atom stereocenters. The lowest BCUT2D eigenvalue weighted by Crippen LogP contribution is -2.34. The van der Waals surface area contributed by atoms with Crippen molar-refractivity contribution in [3.63, 3.8) is 0 Å². The highest BCUT2D eigenvalue weighted by Crippen LogP contribution is 2.34. The minimum absolute atomic E-state index is 0. The summed E-state index contributed by atoms with van der Waals surface area (Å²) in [4.78, 5) is 4.49. The largest absolute Gasteiger partial charge is 0.496 e. The SMILES string of the molecule is COc1ccccc1CCc1nc(C2(N)CCCC2)no1.Cl. The number of methoxy groups -OCH3 is 1. The van der Waals surface area contributed by atoms with Crippen molar-refractivity contribution in [1.29, 1.82) is 0 Å². The second kappa shape index (κ2) is 7.11. The van der Waals surface area contributed by atoms with Crippen LogP contribution in [-0.2, 0) is 18.4 Å². The van der Waals surface area contributed by atoms with Crippen LogP contribution in [0.3, 0.4) is 0 Å². The van der Waals surface area contributed by atoms with Crippen LogP contribution < -0.4 is 10.5 Å². The van der Waals surface area contributed by atoms with Crippen LogP contribution in [0.4, 0.5) is 0 Å². The predicted molar refractivity (Wildman–Crippen MR) is 86.3 cm³/mol. The van der Waals surface area contributed by atoms with E-state index in [9.17, 15) is 0 Å². The van der Waals surface area contributed by atoms with E-state index >= 15 is 0 Å². The average molecular weight is 324 g/mol. The summed E-state index contributed by atoms with van der Waals surface area (Å²) in [6.45, 7) is 0. The number of hydrogen-bond donors (Lipinski definition) is 1. The van der Waals surface area contributed by atoms with E-state index in [1.807, 2.05) is 18.2 Å². The molecule has 3 rings (SSSR count). The normalized spacial score (nSPS) is 16.3. The van der Waals surface area contributed by atoms with Crippen LogP contribution >= 0.6 is 12.4 Å². The highest BCUT2D eigenvalue weighted by molar-refractivity contribution is 5.85. The van der Waals surface area contributed by atoms with E-state index < -0.39 is 0 Å². The van der Waals surface area contributed by atoms with Crippen LogP contribution in [0.2, 0.25) is 0 Å². The number of hydrogen-bond acceptors (Lipinski definition) is 5. The zero-order valence-electron chi connectivity index (χ0n) is 12.7. The first-order chi connectivity index (χ1) is 10.2. The maximum Gasteiger partial charge on any atom is 0.227 e. The summed E-state index contributed by atoms with van der Waals surface area (Å²) in [5.41, 5.74) is 7.10. The molecule has 2 N–H and O–H groups in total. The van der Waals surface area contributed by atoms with Crippen molar-refractivity contribution in [2.45, 2.75) is 44.1 Å². The topological polar surface area (TPSA) is 74.2 Å². The van der Waals surface area contributed by atoms with Crippen molar-refractivity contribution >= 4 is 12.4 Å². The molecule has 0 atom stereocenters. The Labute approximate surface area is 136 Å². The van der Waals surface area contributed by atoms with E-state index in [1.54, 1.807) is 7.11 Å². The molecule has 0 amide bonds. The van der Waals surface area contributed by atoms with E-state index in [-0.39, 0.29) is 17.9 Å². The molecular weight excluding hydrogens is 302 g/mol. The Hall–Kier alpha value is -1.59. The molecule has 0 aliphatic heterocycles. The lowest BCUT2D eigenvalue weighted by molar-refractivity contribution is 0.348. The van der Waals surface area contributed by atoms with E-state index in [0.29, 0.717) is 18.1 Å². The van der Waals surface area contributed by atoms with Gasteiger partial charge in [-0.25, -0.2) is 0 Å². The molecule has 0 saturated heterocycles. The van der Waals surface area contributed by atoms with E-state index in [1.165, 1.54) is 0 Å². The van der Waals surface area contributed by atoms with Gasteiger partial charge in [0.25, 0.3) is 0 Å². The maximum absolute atomic E-state index is 6.34. The molecule has 5 nitrogen and oxygen atoms in total. The molecule has 2 aromatic rings. The Morgan fingerprint density at radius 2 is 1.95 bits per heavy atom. The lowest BCUT2D eigenvalue weighted by Gasteiger charge is -2.17. The van der Waals surface area contributed by atoms with E-state index in [0.717, 1.165) is 43.4 Å². The Morgan fingerprint density at radius 1 is 1.23 bits per heavy atom. The van der Waals surface area contributed by atoms with Crippen LogP contribution in [0.5, 0.6) is 5.75 Å². The number of nitrogens with two attached hydrogens (primary N) is 1. The minimum atomic E-state index is -0.383. The molecule has 6 heteroatoms. The average Bonchev–Trinajstić information content (AvgIpc) is 3.15. The van der Waals surface area contributed by atoms with Crippen molar-refractivity contribution in [3.05, 3.63) is 41.5 Å². The molecule has 1 heterocycles. The Kier molecular flexibility index (Phi) is 5.42. The predicted octanol–water partition coefficient (Wildman–Crippen LogP) is 3.01. The van der Waals surface area contributed by atoms with Gasteiger partial charge >= 0.3 is 0 Å². The molecule has 1 aromatic carbocycles. The van der Waals surface area contributed by atoms with Gasteiger partial charge in [0, 0.05) is 6.42 Å². The zero-order valence-corrected chi connectivity index (χ0v) is 13.6. The van der Waals surface area contributed by atoms with Crippen LogP contribution in [0.25, 0.3) is 0 Å². The molecule has 120 valence electrons. The Morgan fingerprint density at radius 3 is 2.68 bits per heavy atom. The molecule has 1 aliphatic rings. The van der Waals surface area contributed by atoms with Crippen LogP contribution in [0.15, 0.2) is 28.8 Å². The number of nitrogens with zero attached hydrogens (tertiary/aromatic N) is 2. The smallest absolute Gasteiger partial charge is 0.227 e. The van der Waals surface area contributed by atoms with Gasteiger partial charge in [-0.15, -0.1) is 12.4 Å².